The topological polar surface area (TPSA) is 95.9 Å². The van der Waals surface area contributed by atoms with Crippen molar-refractivity contribution in [3.8, 4) is 0 Å². The van der Waals surface area contributed by atoms with E-state index in [4.69, 9.17) is 4.74 Å². The van der Waals surface area contributed by atoms with Gasteiger partial charge in [-0.25, -0.2) is 0 Å². The van der Waals surface area contributed by atoms with Crippen LogP contribution in [0, 0.1) is 0 Å². The minimum Gasteiger partial charge on any atom is -0.462 e. The second-order valence-corrected chi connectivity index (χ2v) is 21.8. The molecule has 0 aromatic rings. The summed E-state index contributed by atoms with van der Waals surface area (Å²) in [5.74, 6) is -0.457. The lowest BCUT2D eigenvalue weighted by Gasteiger charge is -2.24. The van der Waals surface area contributed by atoms with Crippen molar-refractivity contribution in [3.05, 3.63) is 24.3 Å². The third-order valence-corrected chi connectivity index (χ3v) is 14.8. The lowest BCUT2D eigenvalue weighted by atomic mass is 10.0. The maximum atomic E-state index is 13.3. The normalized spacial score (nSPS) is 13.2. The predicted molar refractivity (Wildman–Crippen MR) is 306 cm³/mol. The zero-order chi connectivity index (χ0) is 50.9. The van der Waals surface area contributed by atoms with E-state index in [1.807, 2.05) is 0 Å². The largest absolute Gasteiger partial charge is 0.462 e. The number of unbranched alkanes of at least 4 members (excludes halogenated alkanes) is 42. The molecule has 0 saturated carbocycles. The van der Waals surface area contributed by atoms with Crippen LogP contribution in [-0.4, -0.2) is 46.9 Å². The minimum atomic E-state index is -0.788. The molecular weight excluding hydrogens is 863 g/mol. The first-order valence-corrected chi connectivity index (χ1v) is 31.6. The maximum Gasteiger partial charge on any atom is 0.306 e. The number of rotatable bonds is 58. The van der Waals surface area contributed by atoms with E-state index in [2.05, 4.69) is 50.4 Å². The van der Waals surface area contributed by atoms with Crippen LogP contribution in [0.1, 0.15) is 348 Å². The molecule has 0 aromatic heterocycles. The summed E-state index contributed by atoms with van der Waals surface area (Å²) in [5.41, 5.74) is 0. The third kappa shape index (κ3) is 52.7. The summed E-state index contributed by atoms with van der Waals surface area (Å²) in [6, 6.07) is -0.701. The average molecular weight is 987 g/mol. The monoisotopic (exact) mass is 986 g/mol. The molecule has 0 bridgehead atoms. The molecule has 0 aliphatic heterocycles. The first kappa shape index (κ1) is 68.3. The van der Waals surface area contributed by atoms with Crippen LogP contribution in [0.15, 0.2) is 24.3 Å². The van der Waals surface area contributed by atoms with E-state index in [1.165, 1.54) is 238 Å². The standard InChI is InChI=1S/C64H123NO5/c1-4-7-10-13-16-19-22-25-28-31-34-37-40-43-46-49-52-55-60(70-64(69)57-54-51-48-45-42-39-36-33-30-27-24-21-18-15-12-9-6-3)58-63(68)65-61(59-66)62(67)56-53-50-47-44-41-38-35-32-29-26-23-20-17-14-11-8-5-2/h16,19,25,28,60-62,66-67H,4-15,17-18,20-24,26-27,29-59H2,1-3H3,(H,65,68)/b19-16-,28-25-. The summed E-state index contributed by atoms with van der Waals surface area (Å²) in [7, 11) is 0. The van der Waals surface area contributed by atoms with E-state index >= 15 is 0 Å². The van der Waals surface area contributed by atoms with Gasteiger partial charge in [-0.1, -0.05) is 302 Å². The van der Waals surface area contributed by atoms with E-state index < -0.39 is 18.2 Å². The van der Waals surface area contributed by atoms with E-state index in [-0.39, 0.29) is 24.9 Å². The van der Waals surface area contributed by atoms with Gasteiger partial charge in [0.15, 0.2) is 0 Å². The van der Waals surface area contributed by atoms with Crippen LogP contribution >= 0.6 is 0 Å². The van der Waals surface area contributed by atoms with Crippen molar-refractivity contribution < 1.29 is 24.5 Å². The number of aliphatic hydroxyl groups is 2. The number of carbonyl (C=O) groups is 2. The molecule has 3 atom stereocenters. The van der Waals surface area contributed by atoms with Gasteiger partial charge in [0.2, 0.25) is 5.91 Å². The van der Waals surface area contributed by atoms with Crippen LogP contribution in [0.25, 0.3) is 0 Å². The van der Waals surface area contributed by atoms with Gasteiger partial charge in [0.05, 0.1) is 25.2 Å². The first-order chi connectivity index (χ1) is 34.5. The Kier molecular flexibility index (Phi) is 56.9. The molecule has 0 saturated heterocycles. The molecule has 0 heterocycles. The molecule has 414 valence electrons. The SMILES string of the molecule is CCCCC/C=C\C/C=C\CCCCCCCCCC(CC(=O)NC(CO)C(O)CCCCCCCCCCCCCCCCCCC)OC(=O)CCCCCCCCCCCCCCCCCCC. The molecule has 6 nitrogen and oxygen atoms in total. The van der Waals surface area contributed by atoms with E-state index in [0.29, 0.717) is 19.3 Å². The zero-order valence-corrected chi connectivity index (χ0v) is 47.4. The molecule has 0 aliphatic rings. The molecular formula is C64H123NO5. The van der Waals surface area contributed by atoms with E-state index in [1.54, 1.807) is 0 Å². The Hall–Kier alpha value is -1.66. The van der Waals surface area contributed by atoms with Crippen molar-refractivity contribution in [3.63, 3.8) is 0 Å². The summed E-state index contributed by atoms with van der Waals surface area (Å²) in [4.78, 5) is 26.4. The second kappa shape index (κ2) is 58.2. The summed E-state index contributed by atoms with van der Waals surface area (Å²) >= 11 is 0. The van der Waals surface area contributed by atoms with E-state index in [0.717, 1.165) is 64.2 Å². The number of ether oxygens (including phenoxy) is 1. The van der Waals surface area contributed by atoms with Crippen molar-refractivity contribution in [2.24, 2.45) is 0 Å². The third-order valence-electron chi connectivity index (χ3n) is 14.8. The van der Waals surface area contributed by atoms with Crippen molar-refractivity contribution in [1.82, 2.24) is 5.32 Å². The molecule has 0 spiro atoms. The summed E-state index contributed by atoms with van der Waals surface area (Å²) < 4.78 is 5.99. The molecule has 0 fully saturated rings. The van der Waals surface area contributed by atoms with Gasteiger partial charge in [-0.15, -0.1) is 0 Å². The van der Waals surface area contributed by atoms with E-state index in [9.17, 15) is 19.8 Å². The number of amides is 1. The Bertz CT molecular complexity index is 1110. The van der Waals surface area contributed by atoms with Gasteiger partial charge in [-0.05, 0) is 57.8 Å². The lowest BCUT2D eigenvalue weighted by Crippen LogP contribution is -2.46. The van der Waals surface area contributed by atoms with Gasteiger partial charge in [0, 0.05) is 6.42 Å². The predicted octanol–water partition coefficient (Wildman–Crippen LogP) is 19.8. The highest BCUT2D eigenvalue weighted by molar-refractivity contribution is 5.77. The Morgan fingerprint density at radius 2 is 0.729 bits per heavy atom. The molecule has 0 aliphatic carbocycles. The first-order valence-electron chi connectivity index (χ1n) is 31.6. The van der Waals surface area contributed by atoms with Crippen LogP contribution in [0.5, 0.6) is 0 Å². The highest BCUT2D eigenvalue weighted by Crippen LogP contribution is 2.19. The second-order valence-electron chi connectivity index (χ2n) is 21.8. The molecule has 3 N–H and O–H groups in total. The van der Waals surface area contributed by atoms with Gasteiger partial charge in [0.1, 0.15) is 6.10 Å². The zero-order valence-electron chi connectivity index (χ0n) is 47.4. The quantitative estimate of drug-likeness (QED) is 0.0321. The van der Waals surface area contributed by atoms with Crippen molar-refractivity contribution in [2.45, 2.75) is 366 Å². The van der Waals surface area contributed by atoms with Crippen molar-refractivity contribution >= 4 is 11.9 Å². The molecule has 0 aromatic carbocycles. The van der Waals surface area contributed by atoms with Crippen molar-refractivity contribution in [2.75, 3.05) is 6.61 Å². The van der Waals surface area contributed by atoms with Crippen LogP contribution in [0.4, 0.5) is 0 Å². The van der Waals surface area contributed by atoms with Crippen molar-refractivity contribution in [1.29, 1.82) is 0 Å². The number of esters is 1. The number of allylic oxidation sites excluding steroid dienone is 4. The molecule has 70 heavy (non-hydrogen) atoms. The Morgan fingerprint density at radius 1 is 0.414 bits per heavy atom. The number of aliphatic hydroxyl groups excluding tert-OH is 2. The minimum absolute atomic E-state index is 0.0787. The summed E-state index contributed by atoms with van der Waals surface area (Å²) in [6.07, 6.45) is 69.6. The summed E-state index contributed by atoms with van der Waals surface area (Å²) in [6.45, 7) is 6.52. The molecule has 3 unspecified atom stereocenters. The fourth-order valence-corrected chi connectivity index (χ4v) is 9.99. The average Bonchev–Trinajstić information content (AvgIpc) is 3.35. The van der Waals surface area contributed by atoms with Crippen LogP contribution in [0.2, 0.25) is 0 Å². The lowest BCUT2D eigenvalue weighted by molar-refractivity contribution is -0.151. The number of hydrogen-bond acceptors (Lipinski definition) is 5. The molecule has 0 rings (SSSR count). The molecule has 0 radical (unpaired) electrons. The smallest absolute Gasteiger partial charge is 0.306 e. The molecule has 6 heteroatoms. The summed E-state index contributed by atoms with van der Waals surface area (Å²) in [5, 5.41) is 24.0. The highest BCUT2D eigenvalue weighted by Gasteiger charge is 2.24. The van der Waals surface area contributed by atoms with Gasteiger partial charge in [-0.3, -0.25) is 9.59 Å². The number of carbonyl (C=O) groups excluding carboxylic acids is 2. The molecule has 1 amide bonds. The van der Waals surface area contributed by atoms with Crippen LogP contribution < -0.4 is 5.32 Å². The van der Waals surface area contributed by atoms with Crippen LogP contribution in [-0.2, 0) is 14.3 Å². The maximum absolute atomic E-state index is 13.3. The number of nitrogens with one attached hydrogen (secondary N) is 1. The number of hydrogen-bond donors (Lipinski definition) is 3. The van der Waals surface area contributed by atoms with Gasteiger partial charge >= 0.3 is 5.97 Å². The van der Waals surface area contributed by atoms with Gasteiger partial charge in [0.25, 0.3) is 0 Å². The Labute approximate surface area is 437 Å². The Morgan fingerprint density at radius 3 is 1.11 bits per heavy atom. The Balaban J connectivity index is 4.51. The fraction of sp³-hybridized carbons (Fsp3) is 0.906. The van der Waals surface area contributed by atoms with Gasteiger partial charge < -0.3 is 20.3 Å². The highest BCUT2D eigenvalue weighted by atomic mass is 16.5. The van der Waals surface area contributed by atoms with Crippen LogP contribution in [0.3, 0.4) is 0 Å². The van der Waals surface area contributed by atoms with Gasteiger partial charge in [-0.2, -0.15) is 0 Å². The fourth-order valence-electron chi connectivity index (χ4n) is 9.99.